The van der Waals surface area contributed by atoms with Crippen molar-refractivity contribution < 1.29 is 14.2 Å². The van der Waals surface area contributed by atoms with E-state index in [0.29, 0.717) is 31.1 Å². The van der Waals surface area contributed by atoms with Crippen LogP contribution in [0.25, 0.3) is 0 Å². The van der Waals surface area contributed by atoms with E-state index in [2.05, 4.69) is 24.9 Å². The van der Waals surface area contributed by atoms with E-state index in [9.17, 15) is 4.79 Å². The summed E-state index contributed by atoms with van der Waals surface area (Å²) in [6, 6.07) is 0.0402. The van der Waals surface area contributed by atoms with Crippen molar-refractivity contribution in [2.45, 2.75) is 32.2 Å². The molecule has 2 aromatic rings. The second-order valence-electron chi connectivity index (χ2n) is 5.52. The van der Waals surface area contributed by atoms with Gasteiger partial charge in [0.25, 0.3) is 0 Å². The highest BCUT2D eigenvalue weighted by Gasteiger charge is 2.28. The summed E-state index contributed by atoms with van der Waals surface area (Å²) in [6.07, 6.45) is 6.83. The van der Waals surface area contributed by atoms with Gasteiger partial charge in [0.1, 0.15) is 11.4 Å². The Kier molecular flexibility index (Phi) is 4.92. The highest BCUT2D eigenvalue weighted by Crippen LogP contribution is 2.15. The fourth-order valence-corrected chi connectivity index (χ4v) is 2.65. The van der Waals surface area contributed by atoms with E-state index in [1.54, 1.807) is 25.5 Å². The maximum Gasteiger partial charge on any atom is 0.229 e. The van der Waals surface area contributed by atoms with Crippen LogP contribution in [0.3, 0.4) is 0 Å². The SMILES string of the molecule is Cc1nonc1CC(=O)N1CCOC[C@H]1CCc1cnccn1. The van der Waals surface area contributed by atoms with Crippen molar-refractivity contribution in [1.82, 2.24) is 25.2 Å². The maximum atomic E-state index is 12.6. The number of ether oxygens (including phenoxy) is 1. The second-order valence-corrected chi connectivity index (χ2v) is 5.52. The predicted octanol–water partition coefficient (Wildman–Crippen LogP) is 0.571. The summed E-state index contributed by atoms with van der Waals surface area (Å²) in [4.78, 5) is 22.8. The summed E-state index contributed by atoms with van der Waals surface area (Å²) in [5.74, 6) is 0.0243. The number of amides is 1. The highest BCUT2D eigenvalue weighted by atomic mass is 16.6. The number of carbonyl (C=O) groups is 1. The zero-order valence-corrected chi connectivity index (χ0v) is 13.0. The van der Waals surface area contributed by atoms with Crippen LogP contribution in [0.4, 0.5) is 0 Å². The summed E-state index contributed by atoms with van der Waals surface area (Å²) < 4.78 is 10.2. The van der Waals surface area contributed by atoms with E-state index in [4.69, 9.17) is 4.74 Å². The van der Waals surface area contributed by atoms with Crippen LogP contribution in [0.2, 0.25) is 0 Å². The molecule has 0 aromatic carbocycles. The van der Waals surface area contributed by atoms with Crippen molar-refractivity contribution in [3.05, 3.63) is 35.7 Å². The lowest BCUT2D eigenvalue weighted by Crippen LogP contribution is -2.49. The van der Waals surface area contributed by atoms with Gasteiger partial charge in [0.05, 0.1) is 31.4 Å². The number of aromatic nitrogens is 4. The van der Waals surface area contributed by atoms with Gasteiger partial charge in [0, 0.05) is 25.1 Å². The fourth-order valence-electron chi connectivity index (χ4n) is 2.65. The maximum absolute atomic E-state index is 12.6. The Morgan fingerprint density at radius 3 is 3.04 bits per heavy atom. The minimum absolute atomic E-state index is 0.0243. The molecule has 1 aliphatic heterocycles. The summed E-state index contributed by atoms with van der Waals surface area (Å²) in [5, 5.41) is 7.50. The molecule has 1 amide bonds. The lowest BCUT2D eigenvalue weighted by Gasteiger charge is -2.35. The average molecular weight is 317 g/mol. The molecule has 2 aromatic heterocycles. The quantitative estimate of drug-likeness (QED) is 0.795. The van der Waals surface area contributed by atoms with Gasteiger partial charge in [0.2, 0.25) is 5.91 Å². The lowest BCUT2D eigenvalue weighted by molar-refractivity contribution is -0.139. The Bertz CT molecular complexity index is 646. The number of carbonyl (C=O) groups excluding carboxylic acids is 1. The molecule has 8 nitrogen and oxygen atoms in total. The number of aryl methyl sites for hydroxylation is 2. The molecule has 1 fully saturated rings. The molecule has 0 aliphatic carbocycles. The van der Waals surface area contributed by atoms with Crippen molar-refractivity contribution in [2.75, 3.05) is 19.8 Å². The Balaban J connectivity index is 1.61. The summed E-state index contributed by atoms with van der Waals surface area (Å²) in [7, 11) is 0. The van der Waals surface area contributed by atoms with Crippen molar-refractivity contribution in [3.63, 3.8) is 0 Å². The van der Waals surface area contributed by atoms with Crippen LogP contribution in [0.1, 0.15) is 23.5 Å². The lowest BCUT2D eigenvalue weighted by atomic mass is 10.1. The van der Waals surface area contributed by atoms with Gasteiger partial charge in [-0.15, -0.1) is 0 Å². The van der Waals surface area contributed by atoms with E-state index in [-0.39, 0.29) is 18.4 Å². The minimum atomic E-state index is 0.0243. The standard InChI is InChI=1S/C15H19N5O3/c1-11-14(19-23-18-11)8-15(21)20-6-7-22-10-13(20)3-2-12-9-16-4-5-17-12/h4-5,9,13H,2-3,6-8,10H2,1H3/t13-/m1/s1. The molecule has 0 N–H and O–H groups in total. The van der Waals surface area contributed by atoms with Gasteiger partial charge in [-0.25, -0.2) is 4.63 Å². The van der Waals surface area contributed by atoms with Crippen LogP contribution in [0, 0.1) is 6.92 Å². The predicted molar refractivity (Wildman–Crippen MR) is 79.4 cm³/mol. The topological polar surface area (TPSA) is 94.2 Å². The van der Waals surface area contributed by atoms with Crippen molar-refractivity contribution in [3.8, 4) is 0 Å². The van der Waals surface area contributed by atoms with E-state index in [1.165, 1.54) is 0 Å². The number of rotatable bonds is 5. The number of morpholine rings is 1. The zero-order chi connectivity index (χ0) is 16.1. The van der Waals surface area contributed by atoms with Crippen molar-refractivity contribution >= 4 is 5.91 Å². The first-order valence-electron chi connectivity index (χ1n) is 7.64. The molecule has 23 heavy (non-hydrogen) atoms. The molecule has 0 spiro atoms. The third-order valence-corrected chi connectivity index (χ3v) is 3.96. The third-order valence-electron chi connectivity index (χ3n) is 3.96. The van der Waals surface area contributed by atoms with Gasteiger partial charge in [-0.05, 0) is 19.8 Å². The molecule has 3 heterocycles. The highest BCUT2D eigenvalue weighted by molar-refractivity contribution is 5.79. The molecule has 0 saturated carbocycles. The van der Waals surface area contributed by atoms with Gasteiger partial charge >= 0.3 is 0 Å². The molecule has 8 heteroatoms. The largest absolute Gasteiger partial charge is 0.377 e. The Labute approximate surface area is 133 Å². The summed E-state index contributed by atoms with van der Waals surface area (Å²) in [5.41, 5.74) is 2.17. The fraction of sp³-hybridized carbons (Fsp3) is 0.533. The van der Waals surface area contributed by atoms with Crippen molar-refractivity contribution in [1.29, 1.82) is 0 Å². The Morgan fingerprint density at radius 1 is 1.39 bits per heavy atom. The molecular weight excluding hydrogens is 298 g/mol. The molecule has 1 aliphatic rings. The molecule has 0 bridgehead atoms. The Morgan fingerprint density at radius 2 is 2.30 bits per heavy atom. The number of hydrogen-bond acceptors (Lipinski definition) is 7. The van der Waals surface area contributed by atoms with E-state index in [1.807, 2.05) is 4.90 Å². The first kappa shape index (κ1) is 15.5. The van der Waals surface area contributed by atoms with Gasteiger partial charge in [-0.3, -0.25) is 14.8 Å². The molecule has 1 atom stereocenters. The second kappa shape index (κ2) is 7.28. The van der Waals surface area contributed by atoms with Gasteiger partial charge < -0.3 is 9.64 Å². The number of nitrogens with zero attached hydrogens (tertiary/aromatic N) is 5. The third kappa shape index (κ3) is 3.89. The monoisotopic (exact) mass is 317 g/mol. The zero-order valence-electron chi connectivity index (χ0n) is 13.0. The summed E-state index contributed by atoms with van der Waals surface area (Å²) >= 11 is 0. The van der Waals surface area contributed by atoms with Crippen LogP contribution >= 0.6 is 0 Å². The van der Waals surface area contributed by atoms with Crippen molar-refractivity contribution in [2.24, 2.45) is 0 Å². The molecular formula is C15H19N5O3. The molecule has 1 saturated heterocycles. The van der Waals surface area contributed by atoms with E-state index < -0.39 is 0 Å². The van der Waals surface area contributed by atoms with Crippen LogP contribution < -0.4 is 0 Å². The van der Waals surface area contributed by atoms with Crippen LogP contribution in [-0.4, -0.2) is 56.9 Å². The first-order valence-corrected chi connectivity index (χ1v) is 7.64. The normalized spacial score (nSPS) is 18.1. The van der Waals surface area contributed by atoms with Crippen LogP contribution in [-0.2, 0) is 22.4 Å². The van der Waals surface area contributed by atoms with Gasteiger partial charge in [-0.1, -0.05) is 10.3 Å². The van der Waals surface area contributed by atoms with E-state index >= 15 is 0 Å². The summed E-state index contributed by atoms with van der Waals surface area (Å²) in [6.45, 7) is 3.48. The van der Waals surface area contributed by atoms with E-state index in [0.717, 1.165) is 18.5 Å². The number of hydrogen-bond donors (Lipinski definition) is 0. The smallest absolute Gasteiger partial charge is 0.229 e. The van der Waals surface area contributed by atoms with Gasteiger partial charge in [-0.2, -0.15) is 0 Å². The molecule has 3 rings (SSSR count). The van der Waals surface area contributed by atoms with Gasteiger partial charge in [0.15, 0.2) is 0 Å². The minimum Gasteiger partial charge on any atom is -0.377 e. The van der Waals surface area contributed by atoms with Crippen LogP contribution in [0.5, 0.6) is 0 Å². The Hall–Kier alpha value is -2.35. The first-order chi connectivity index (χ1) is 11.2. The molecule has 0 radical (unpaired) electrons. The average Bonchev–Trinajstić information content (AvgIpc) is 2.99. The van der Waals surface area contributed by atoms with Crippen LogP contribution in [0.15, 0.2) is 23.2 Å². The molecule has 122 valence electrons. The molecule has 0 unspecified atom stereocenters.